The van der Waals surface area contributed by atoms with Crippen LogP contribution in [0.4, 0.5) is 10.2 Å². The van der Waals surface area contributed by atoms with Gasteiger partial charge in [0.1, 0.15) is 17.3 Å². The summed E-state index contributed by atoms with van der Waals surface area (Å²) >= 11 is 0. The van der Waals surface area contributed by atoms with Gasteiger partial charge in [0.15, 0.2) is 0 Å². The van der Waals surface area contributed by atoms with E-state index >= 15 is 0 Å². The number of amides is 2. The van der Waals surface area contributed by atoms with Gasteiger partial charge in [-0.2, -0.15) is 5.10 Å². The molecule has 0 unspecified atom stereocenters. The Hall–Kier alpha value is -3.16. The normalized spacial score (nSPS) is 14.2. The van der Waals surface area contributed by atoms with Crippen molar-refractivity contribution >= 4 is 23.3 Å². The van der Waals surface area contributed by atoms with Crippen molar-refractivity contribution in [2.75, 3.05) is 12.4 Å². The first-order valence-electron chi connectivity index (χ1n) is 7.71. The molecule has 2 aromatic heterocycles. The van der Waals surface area contributed by atoms with Crippen LogP contribution in [0.1, 0.15) is 25.4 Å². The van der Waals surface area contributed by atoms with Crippen molar-refractivity contribution in [1.82, 2.24) is 15.0 Å². The highest BCUT2D eigenvalue weighted by Gasteiger charge is 2.22. The van der Waals surface area contributed by atoms with E-state index in [-0.39, 0.29) is 25.5 Å². The lowest BCUT2D eigenvalue weighted by molar-refractivity contribution is -0.130. The summed E-state index contributed by atoms with van der Waals surface area (Å²) in [5, 5.41) is 7.78. The van der Waals surface area contributed by atoms with Crippen molar-refractivity contribution in [2.24, 2.45) is 5.10 Å². The number of nitrogens with zero attached hydrogens (tertiary/aromatic N) is 4. The molecular weight excluding hydrogens is 325 g/mol. The number of aromatic nitrogens is 2. The second-order valence-electron chi connectivity index (χ2n) is 5.66. The highest BCUT2D eigenvalue weighted by molar-refractivity contribution is 6.43. The number of nitrogens with one attached hydrogen (secondary N) is 1. The van der Waals surface area contributed by atoms with Gasteiger partial charge in [0.05, 0.1) is 6.20 Å². The summed E-state index contributed by atoms with van der Waals surface area (Å²) in [7, 11) is 1.52. The van der Waals surface area contributed by atoms with Gasteiger partial charge in [-0.3, -0.25) is 14.6 Å². The summed E-state index contributed by atoms with van der Waals surface area (Å²) in [6.45, 7) is 0. The molecular formula is C17H18FN5O2. The van der Waals surface area contributed by atoms with Crippen LogP contribution in [0.3, 0.4) is 0 Å². The summed E-state index contributed by atoms with van der Waals surface area (Å²) in [5.41, 5.74) is 1.90. The Morgan fingerprint density at radius 1 is 1.28 bits per heavy atom. The lowest BCUT2D eigenvalue weighted by atomic mass is 10.1. The number of anilines is 1. The van der Waals surface area contributed by atoms with E-state index < -0.39 is 0 Å². The van der Waals surface area contributed by atoms with Gasteiger partial charge in [0.25, 0.3) is 5.91 Å². The fourth-order valence-electron chi connectivity index (χ4n) is 2.41. The fraction of sp³-hybridized carbons (Fsp3) is 0.235. The fourth-order valence-corrected chi connectivity index (χ4v) is 2.41. The van der Waals surface area contributed by atoms with Gasteiger partial charge in [-0.15, -0.1) is 0 Å². The van der Waals surface area contributed by atoms with E-state index in [9.17, 15) is 14.0 Å². The molecule has 3 rings (SSSR count). The molecule has 0 radical (unpaired) electrons. The van der Waals surface area contributed by atoms with E-state index in [0.717, 1.165) is 17.3 Å². The van der Waals surface area contributed by atoms with Gasteiger partial charge in [0, 0.05) is 40.1 Å². The molecule has 1 N–H and O–H groups in total. The molecule has 0 atom stereocenters. The minimum Gasteiger partial charge on any atom is -0.305 e. The molecule has 0 bridgehead atoms. The first-order chi connectivity index (χ1) is 12.0. The van der Waals surface area contributed by atoms with Crippen LogP contribution < -0.4 is 5.32 Å². The van der Waals surface area contributed by atoms with E-state index in [1.165, 1.54) is 18.1 Å². The number of carbonyl (C=O) groups is 2. The first kappa shape index (κ1) is 16.7. The van der Waals surface area contributed by atoms with Crippen LogP contribution in [0.25, 0.3) is 0 Å². The van der Waals surface area contributed by atoms with Crippen LogP contribution in [-0.2, 0) is 16.0 Å². The molecule has 1 aliphatic rings. The Bertz CT molecular complexity index is 841. The first-order valence-corrected chi connectivity index (χ1v) is 7.71. The molecule has 0 aliphatic carbocycles. The average Bonchev–Trinajstić information content (AvgIpc) is 2.59. The summed E-state index contributed by atoms with van der Waals surface area (Å²) in [6, 6.07) is 4.88. The van der Waals surface area contributed by atoms with Gasteiger partial charge in [-0.1, -0.05) is 6.07 Å². The second-order valence-corrected chi connectivity index (χ2v) is 5.66. The lowest BCUT2D eigenvalue weighted by Crippen LogP contribution is -2.34. The number of pyridine rings is 2. The average molecular weight is 343 g/mol. The number of rotatable bonds is 4. The minimum absolute atomic E-state index is 0. The molecule has 0 spiro atoms. The maximum absolute atomic E-state index is 13.1. The Morgan fingerprint density at radius 2 is 2.12 bits per heavy atom. The zero-order valence-electron chi connectivity index (χ0n) is 13.6. The Labute approximate surface area is 145 Å². The van der Waals surface area contributed by atoms with Crippen molar-refractivity contribution in [2.45, 2.75) is 19.3 Å². The Balaban J connectivity index is 0.00000243. The van der Waals surface area contributed by atoms with E-state index in [1.807, 2.05) is 0 Å². The third-order valence-electron chi connectivity index (χ3n) is 3.71. The zero-order chi connectivity index (χ0) is 17.8. The smallest absolute Gasteiger partial charge is 0.273 e. The summed E-state index contributed by atoms with van der Waals surface area (Å²) in [6.07, 6.45) is 5.41. The highest BCUT2D eigenvalue weighted by Crippen LogP contribution is 2.13. The van der Waals surface area contributed by atoms with Gasteiger partial charge < -0.3 is 5.32 Å². The largest absolute Gasteiger partial charge is 0.305 e. The van der Waals surface area contributed by atoms with Crippen molar-refractivity contribution < 1.29 is 15.4 Å². The van der Waals surface area contributed by atoms with Gasteiger partial charge >= 0.3 is 0 Å². The van der Waals surface area contributed by atoms with Crippen molar-refractivity contribution in [3.05, 3.63) is 53.7 Å². The molecule has 130 valence electrons. The molecule has 2 amide bonds. The monoisotopic (exact) mass is 343 g/mol. The highest BCUT2D eigenvalue weighted by atomic mass is 19.1. The molecule has 25 heavy (non-hydrogen) atoms. The van der Waals surface area contributed by atoms with Crippen LogP contribution in [-0.4, -0.2) is 39.6 Å². The summed E-state index contributed by atoms with van der Waals surface area (Å²) < 4.78 is 13.1. The Kier molecular flexibility index (Phi) is 4.78. The maximum Gasteiger partial charge on any atom is 0.273 e. The van der Waals surface area contributed by atoms with Gasteiger partial charge in [0.2, 0.25) is 5.91 Å². The van der Waals surface area contributed by atoms with Crippen molar-refractivity contribution in [3.8, 4) is 0 Å². The van der Waals surface area contributed by atoms with Crippen molar-refractivity contribution in [3.63, 3.8) is 0 Å². The van der Waals surface area contributed by atoms with E-state index in [0.29, 0.717) is 24.4 Å². The van der Waals surface area contributed by atoms with Crippen molar-refractivity contribution in [1.29, 1.82) is 0 Å². The van der Waals surface area contributed by atoms with Crippen LogP contribution in [0.2, 0.25) is 0 Å². The molecule has 0 saturated carbocycles. The van der Waals surface area contributed by atoms with Crippen LogP contribution in [0.5, 0.6) is 0 Å². The SMILES string of the molecule is CN1N=C(C(=O)Nc2ccc(Cc3cncc(F)c3)cn2)CCC1=O.[HH]. The van der Waals surface area contributed by atoms with E-state index in [4.69, 9.17) is 0 Å². The quantitative estimate of drug-likeness (QED) is 0.920. The molecule has 1 aliphatic heterocycles. The van der Waals surface area contributed by atoms with Gasteiger partial charge in [-0.25, -0.2) is 14.4 Å². The summed E-state index contributed by atoms with van der Waals surface area (Å²) in [4.78, 5) is 31.5. The predicted octanol–water partition coefficient (Wildman–Crippen LogP) is 2.00. The molecule has 2 aromatic rings. The van der Waals surface area contributed by atoms with E-state index in [1.54, 1.807) is 24.5 Å². The summed E-state index contributed by atoms with van der Waals surface area (Å²) in [5.74, 6) is -0.501. The second kappa shape index (κ2) is 7.16. The lowest BCUT2D eigenvalue weighted by Gasteiger charge is -2.18. The molecule has 0 saturated heterocycles. The van der Waals surface area contributed by atoms with Gasteiger partial charge in [-0.05, 0) is 23.3 Å². The standard InChI is InChI=1S/C17H16FN5O2.H2/c1-23-16(24)5-3-14(22-23)17(25)21-15-4-2-11(9-20-15)6-12-7-13(18)10-19-8-12;/h2,4,7-10H,3,5-6H2,1H3,(H,20,21,25);1H. The number of hydrazone groups is 1. The molecule has 0 fully saturated rings. The molecule has 0 aromatic carbocycles. The van der Waals surface area contributed by atoms with E-state index in [2.05, 4.69) is 20.4 Å². The van der Waals surface area contributed by atoms with Crippen LogP contribution in [0, 0.1) is 5.82 Å². The minimum atomic E-state index is -0.383. The number of hydrogen-bond donors (Lipinski definition) is 1. The molecule has 7 nitrogen and oxygen atoms in total. The van der Waals surface area contributed by atoms with Crippen LogP contribution >= 0.6 is 0 Å². The third kappa shape index (κ3) is 4.23. The zero-order valence-corrected chi connectivity index (χ0v) is 13.6. The molecule has 8 heteroatoms. The number of halogens is 1. The number of hydrogen-bond acceptors (Lipinski definition) is 5. The molecule has 3 heterocycles. The predicted molar refractivity (Wildman–Crippen MR) is 91.4 cm³/mol. The topological polar surface area (TPSA) is 87.6 Å². The third-order valence-corrected chi connectivity index (χ3v) is 3.71. The number of carbonyl (C=O) groups excluding carboxylic acids is 2. The van der Waals surface area contributed by atoms with Crippen LogP contribution in [0.15, 0.2) is 41.9 Å². The Morgan fingerprint density at radius 3 is 2.80 bits per heavy atom. The maximum atomic E-state index is 13.1.